The zero-order valence-electron chi connectivity index (χ0n) is 10.2. The Morgan fingerprint density at radius 2 is 2.12 bits per heavy atom. The van der Waals surface area contributed by atoms with Gasteiger partial charge in [-0.05, 0) is 31.7 Å². The van der Waals surface area contributed by atoms with Crippen molar-refractivity contribution in [1.29, 1.82) is 0 Å². The summed E-state index contributed by atoms with van der Waals surface area (Å²) in [5, 5.41) is 4.22. The lowest BCUT2D eigenvalue weighted by Gasteiger charge is -2.22. The van der Waals surface area contributed by atoms with Crippen molar-refractivity contribution >= 4 is 5.97 Å². The number of aryl methyl sites for hydroxylation is 1. The van der Waals surface area contributed by atoms with Crippen LogP contribution in [0, 0.1) is 0 Å². The molecule has 0 spiro atoms. The van der Waals surface area contributed by atoms with Crippen molar-refractivity contribution in [3.8, 4) is 0 Å². The van der Waals surface area contributed by atoms with E-state index in [1.54, 1.807) is 4.68 Å². The number of nitrogens with zero attached hydrogens (tertiary/aromatic N) is 2. The van der Waals surface area contributed by atoms with Gasteiger partial charge >= 0.3 is 5.97 Å². The average Bonchev–Trinajstić information content (AvgIpc) is 3.20. The first kappa shape index (κ1) is 10.8. The van der Waals surface area contributed by atoms with Crippen molar-refractivity contribution in [3.63, 3.8) is 0 Å². The molecule has 1 aromatic rings. The van der Waals surface area contributed by atoms with E-state index >= 15 is 0 Å². The molecule has 2 saturated carbocycles. The number of hydrogen-bond donors (Lipinski definition) is 1. The largest absolute Gasteiger partial charge is 0.464 e. The first-order valence-electron chi connectivity index (χ1n) is 5.94. The highest BCUT2D eigenvalue weighted by molar-refractivity contribution is 5.87. The fraction of sp³-hybridized carbons (Fsp3) is 0.667. The third-order valence-electron chi connectivity index (χ3n) is 4.26. The monoisotopic (exact) mass is 235 g/mol. The van der Waals surface area contributed by atoms with Crippen LogP contribution in [-0.4, -0.2) is 28.4 Å². The van der Waals surface area contributed by atoms with Crippen LogP contribution >= 0.6 is 0 Å². The number of methoxy groups -OCH3 is 1. The molecular weight excluding hydrogens is 218 g/mol. The Labute approximate surface area is 99.9 Å². The summed E-state index contributed by atoms with van der Waals surface area (Å²) in [5.41, 5.74) is 7.80. The van der Waals surface area contributed by atoms with Crippen LogP contribution in [0.2, 0.25) is 0 Å². The topological polar surface area (TPSA) is 70.1 Å². The summed E-state index contributed by atoms with van der Waals surface area (Å²) in [6, 6.07) is 1.84. The van der Waals surface area contributed by atoms with E-state index in [0.717, 1.165) is 31.4 Å². The molecular formula is C12H17N3O2. The number of carbonyl (C=O) groups is 1. The number of rotatable bonds is 3. The average molecular weight is 235 g/mol. The van der Waals surface area contributed by atoms with E-state index < -0.39 is 0 Å². The molecule has 5 nitrogen and oxygen atoms in total. The van der Waals surface area contributed by atoms with Crippen molar-refractivity contribution in [2.75, 3.05) is 7.11 Å². The Balaban J connectivity index is 1.99. The maximum atomic E-state index is 11.5. The van der Waals surface area contributed by atoms with Crippen molar-refractivity contribution in [2.24, 2.45) is 12.8 Å². The summed E-state index contributed by atoms with van der Waals surface area (Å²) in [6.45, 7) is 0. The van der Waals surface area contributed by atoms with Gasteiger partial charge in [-0.15, -0.1) is 0 Å². The predicted octanol–water partition coefficient (Wildman–Crippen LogP) is 0.730. The molecule has 1 aromatic heterocycles. The van der Waals surface area contributed by atoms with Gasteiger partial charge in [0.15, 0.2) is 5.69 Å². The molecule has 92 valence electrons. The normalized spacial score (nSPS) is 23.2. The molecule has 0 unspecified atom stereocenters. The minimum absolute atomic E-state index is 0.0566. The molecule has 2 fully saturated rings. The van der Waals surface area contributed by atoms with Crippen molar-refractivity contribution < 1.29 is 9.53 Å². The summed E-state index contributed by atoms with van der Waals surface area (Å²) in [6.07, 6.45) is 4.35. The van der Waals surface area contributed by atoms with Crippen LogP contribution in [0.25, 0.3) is 0 Å². The number of nitrogens with two attached hydrogens (primary N) is 1. The third-order valence-corrected chi connectivity index (χ3v) is 4.26. The van der Waals surface area contributed by atoms with E-state index in [1.807, 2.05) is 13.1 Å². The van der Waals surface area contributed by atoms with Gasteiger partial charge < -0.3 is 10.5 Å². The van der Waals surface area contributed by atoms with Gasteiger partial charge in [-0.1, -0.05) is 0 Å². The van der Waals surface area contributed by atoms with Crippen LogP contribution in [-0.2, 0) is 17.2 Å². The SMILES string of the molecule is COC(=O)c1cc(C2(C3(N)CC3)CC2)n(C)n1. The van der Waals surface area contributed by atoms with Crippen LogP contribution in [0.1, 0.15) is 41.9 Å². The van der Waals surface area contributed by atoms with Crippen LogP contribution in [0.4, 0.5) is 0 Å². The highest BCUT2D eigenvalue weighted by Crippen LogP contribution is 2.63. The summed E-state index contributed by atoms with van der Waals surface area (Å²) >= 11 is 0. The van der Waals surface area contributed by atoms with Crippen molar-refractivity contribution in [2.45, 2.75) is 36.6 Å². The summed E-state index contributed by atoms with van der Waals surface area (Å²) in [4.78, 5) is 11.5. The summed E-state index contributed by atoms with van der Waals surface area (Å²) < 4.78 is 6.48. The standard InChI is InChI=1S/C12H17N3O2/c1-15-9(7-8(14-15)10(16)17-2)11(3-4-11)12(13)5-6-12/h7H,3-6,13H2,1-2H3. The highest BCUT2D eigenvalue weighted by atomic mass is 16.5. The fourth-order valence-electron chi connectivity index (χ4n) is 2.87. The van der Waals surface area contributed by atoms with Gasteiger partial charge in [0.2, 0.25) is 0 Å². The Morgan fingerprint density at radius 3 is 2.59 bits per heavy atom. The Morgan fingerprint density at radius 1 is 1.47 bits per heavy atom. The molecule has 0 radical (unpaired) electrons. The maximum Gasteiger partial charge on any atom is 0.358 e. The molecule has 5 heteroatoms. The zero-order valence-corrected chi connectivity index (χ0v) is 10.2. The van der Waals surface area contributed by atoms with Gasteiger partial charge in [-0.25, -0.2) is 4.79 Å². The lowest BCUT2D eigenvalue weighted by Crippen LogP contribution is -2.38. The smallest absolute Gasteiger partial charge is 0.358 e. The Kier molecular flexibility index (Phi) is 1.96. The number of hydrogen-bond acceptors (Lipinski definition) is 4. The third kappa shape index (κ3) is 1.35. The lowest BCUT2D eigenvalue weighted by atomic mass is 9.90. The predicted molar refractivity (Wildman–Crippen MR) is 61.6 cm³/mol. The molecule has 0 aromatic carbocycles. The molecule has 0 amide bonds. The zero-order chi connectivity index (χ0) is 12.3. The lowest BCUT2D eigenvalue weighted by molar-refractivity contribution is 0.0593. The molecule has 2 N–H and O–H groups in total. The second kappa shape index (κ2) is 3.10. The quantitative estimate of drug-likeness (QED) is 0.784. The Bertz CT molecular complexity index is 484. The van der Waals surface area contributed by atoms with Crippen LogP contribution < -0.4 is 5.73 Å². The number of esters is 1. The van der Waals surface area contributed by atoms with Gasteiger partial charge in [-0.2, -0.15) is 5.10 Å². The molecule has 3 rings (SSSR count). The summed E-state index contributed by atoms with van der Waals surface area (Å²) in [5.74, 6) is -0.385. The number of ether oxygens (including phenoxy) is 1. The van der Waals surface area contributed by atoms with Gasteiger partial charge in [-0.3, -0.25) is 4.68 Å². The van der Waals surface area contributed by atoms with Crippen LogP contribution in [0.15, 0.2) is 6.07 Å². The van der Waals surface area contributed by atoms with E-state index in [4.69, 9.17) is 10.5 Å². The molecule has 0 saturated heterocycles. The first-order chi connectivity index (χ1) is 8.02. The van der Waals surface area contributed by atoms with Crippen LogP contribution in [0.5, 0.6) is 0 Å². The molecule has 2 aliphatic rings. The van der Waals surface area contributed by atoms with Gasteiger partial charge in [0.05, 0.1) is 7.11 Å². The van der Waals surface area contributed by atoms with E-state index in [9.17, 15) is 4.79 Å². The molecule has 0 bridgehead atoms. The minimum Gasteiger partial charge on any atom is -0.464 e. The second-order valence-corrected chi connectivity index (χ2v) is 5.27. The van der Waals surface area contributed by atoms with Crippen LogP contribution in [0.3, 0.4) is 0 Å². The van der Waals surface area contributed by atoms with Gasteiger partial charge in [0.1, 0.15) is 0 Å². The molecule has 1 heterocycles. The van der Waals surface area contributed by atoms with E-state index in [1.165, 1.54) is 7.11 Å². The molecule has 2 aliphatic carbocycles. The van der Waals surface area contributed by atoms with Crippen molar-refractivity contribution in [1.82, 2.24) is 9.78 Å². The second-order valence-electron chi connectivity index (χ2n) is 5.27. The minimum atomic E-state index is -0.385. The van der Waals surface area contributed by atoms with Gasteiger partial charge in [0.25, 0.3) is 0 Å². The maximum absolute atomic E-state index is 11.5. The number of aromatic nitrogens is 2. The van der Waals surface area contributed by atoms with E-state index in [-0.39, 0.29) is 16.9 Å². The molecule has 0 aliphatic heterocycles. The molecule has 17 heavy (non-hydrogen) atoms. The first-order valence-corrected chi connectivity index (χ1v) is 5.94. The number of carbonyl (C=O) groups excluding carboxylic acids is 1. The molecule has 0 atom stereocenters. The highest BCUT2D eigenvalue weighted by Gasteiger charge is 2.65. The van der Waals surface area contributed by atoms with E-state index in [0.29, 0.717) is 5.69 Å². The summed E-state index contributed by atoms with van der Waals surface area (Å²) in [7, 11) is 3.24. The van der Waals surface area contributed by atoms with E-state index in [2.05, 4.69) is 5.10 Å². The Hall–Kier alpha value is -1.36. The van der Waals surface area contributed by atoms with Crippen molar-refractivity contribution in [3.05, 3.63) is 17.5 Å². The fourth-order valence-corrected chi connectivity index (χ4v) is 2.87. The van der Waals surface area contributed by atoms with Gasteiger partial charge in [0, 0.05) is 23.7 Å².